The van der Waals surface area contributed by atoms with Crippen LogP contribution >= 0.6 is 11.3 Å². The molecule has 0 unspecified atom stereocenters. The first kappa shape index (κ1) is 15.3. The van der Waals surface area contributed by atoms with Crippen LogP contribution in [0.5, 0.6) is 0 Å². The SMILES string of the molecule is Cc1csc(NC(=O)c2cc(-c3ccc(F)nc3)cn3cnnc23)n1. The third-order valence-electron chi connectivity index (χ3n) is 3.54. The second kappa shape index (κ2) is 6.02. The Bertz CT molecular complexity index is 1070. The zero-order chi connectivity index (χ0) is 17.4. The average Bonchev–Trinajstić information content (AvgIpc) is 3.23. The molecule has 124 valence electrons. The van der Waals surface area contributed by atoms with E-state index < -0.39 is 5.95 Å². The van der Waals surface area contributed by atoms with Gasteiger partial charge in [0.15, 0.2) is 10.8 Å². The minimum Gasteiger partial charge on any atom is -0.298 e. The normalized spacial score (nSPS) is 11.0. The number of pyridine rings is 2. The van der Waals surface area contributed by atoms with Crippen molar-refractivity contribution in [3.63, 3.8) is 0 Å². The molecule has 4 heterocycles. The largest absolute Gasteiger partial charge is 0.298 e. The molecule has 0 fully saturated rings. The van der Waals surface area contributed by atoms with Crippen LogP contribution in [0.15, 0.2) is 42.3 Å². The van der Waals surface area contributed by atoms with Gasteiger partial charge in [-0.3, -0.25) is 14.5 Å². The van der Waals surface area contributed by atoms with Gasteiger partial charge in [0.25, 0.3) is 5.91 Å². The average molecular weight is 354 g/mol. The molecule has 0 aliphatic rings. The molecule has 0 aliphatic carbocycles. The molecule has 0 bridgehead atoms. The Hall–Kier alpha value is -3.20. The Morgan fingerprint density at radius 1 is 1.32 bits per heavy atom. The molecule has 0 radical (unpaired) electrons. The first-order valence-electron chi connectivity index (χ1n) is 7.29. The number of anilines is 1. The van der Waals surface area contributed by atoms with Gasteiger partial charge in [-0.25, -0.2) is 9.97 Å². The van der Waals surface area contributed by atoms with E-state index in [4.69, 9.17) is 0 Å². The Balaban J connectivity index is 1.78. The number of nitrogens with zero attached hydrogens (tertiary/aromatic N) is 5. The minimum absolute atomic E-state index is 0.340. The lowest BCUT2D eigenvalue weighted by atomic mass is 10.1. The molecule has 0 aromatic carbocycles. The lowest BCUT2D eigenvalue weighted by Gasteiger charge is -2.07. The van der Waals surface area contributed by atoms with Crippen LogP contribution in [0, 0.1) is 12.9 Å². The van der Waals surface area contributed by atoms with Crippen molar-refractivity contribution in [1.82, 2.24) is 24.6 Å². The predicted octanol–water partition coefficient (Wildman–Crippen LogP) is 2.95. The van der Waals surface area contributed by atoms with Crippen LogP contribution in [0.2, 0.25) is 0 Å². The monoisotopic (exact) mass is 354 g/mol. The molecule has 7 nitrogen and oxygen atoms in total. The second-order valence-corrected chi connectivity index (χ2v) is 6.18. The van der Waals surface area contributed by atoms with Crippen molar-refractivity contribution in [2.24, 2.45) is 0 Å². The summed E-state index contributed by atoms with van der Waals surface area (Å²) in [6, 6.07) is 4.54. The number of nitrogens with one attached hydrogen (secondary N) is 1. The van der Waals surface area contributed by atoms with Crippen LogP contribution in [0.25, 0.3) is 16.8 Å². The van der Waals surface area contributed by atoms with Gasteiger partial charge in [0.2, 0.25) is 5.95 Å². The van der Waals surface area contributed by atoms with Gasteiger partial charge < -0.3 is 0 Å². The number of carbonyl (C=O) groups is 1. The van der Waals surface area contributed by atoms with Gasteiger partial charge in [-0.05, 0) is 25.1 Å². The van der Waals surface area contributed by atoms with Gasteiger partial charge in [-0.15, -0.1) is 21.5 Å². The molecule has 4 rings (SSSR count). The predicted molar refractivity (Wildman–Crippen MR) is 91.0 cm³/mol. The van der Waals surface area contributed by atoms with E-state index in [1.807, 2.05) is 12.3 Å². The maximum Gasteiger partial charge on any atom is 0.261 e. The van der Waals surface area contributed by atoms with E-state index in [-0.39, 0.29) is 5.91 Å². The van der Waals surface area contributed by atoms with Crippen LogP contribution in [-0.4, -0.2) is 30.5 Å². The minimum atomic E-state index is -0.564. The zero-order valence-corrected chi connectivity index (χ0v) is 13.8. The molecule has 0 atom stereocenters. The van der Waals surface area contributed by atoms with Crippen molar-refractivity contribution < 1.29 is 9.18 Å². The van der Waals surface area contributed by atoms with Crippen LogP contribution in [0.3, 0.4) is 0 Å². The fourth-order valence-corrected chi connectivity index (χ4v) is 3.07. The molecule has 1 N–H and O–H groups in total. The van der Waals surface area contributed by atoms with Gasteiger partial charge in [0, 0.05) is 28.9 Å². The molecule has 0 saturated heterocycles. The van der Waals surface area contributed by atoms with Crippen molar-refractivity contribution in [2.45, 2.75) is 6.92 Å². The molecule has 9 heteroatoms. The highest BCUT2D eigenvalue weighted by atomic mass is 32.1. The van der Waals surface area contributed by atoms with Crippen molar-refractivity contribution in [1.29, 1.82) is 0 Å². The molecular weight excluding hydrogens is 343 g/mol. The smallest absolute Gasteiger partial charge is 0.261 e. The van der Waals surface area contributed by atoms with Gasteiger partial charge in [-0.1, -0.05) is 0 Å². The molecule has 0 saturated carbocycles. The molecule has 4 aromatic rings. The van der Waals surface area contributed by atoms with Gasteiger partial charge in [0.05, 0.1) is 11.3 Å². The zero-order valence-electron chi connectivity index (χ0n) is 13.0. The lowest BCUT2D eigenvalue weighted by molar-refractivity contribution is 0.102. The summed E-state index contributed by atoms with van der Waals surface area (Å²) in [7, 11) is 0. The highest BCUT2D eigenvalue weighted by molar-refractivity contribution is 7.13. The fraction of sp³-hybridized carbons (Fsp3) is 0.0625. The molecular formula is C16H11FN6OS. The first-order chi connectivity index (χ1) is 12.1. The van der Waals surface area contributed by atoms with Crippen LogP contribution in [0.1, 0.15) is 16.1 Å². The number of aromatic nitrogens is 5. The van der Waals surface area contributed by atoms with E-state index in [2.05, 4.69) is 25.5 Å². The summed E-state index contributed by atoms with van der Waals surface area (Å²) >= 11 is 1.34. The van der Waals surface area contributed by atoms with Gasteiger partial charge in [-0.2, -0.15) is 4.39 Å². The van der Waals surface area contributed by atoms with Gasteiger partial charge in [0.1, 0.15) is 6.33 Å². The van der Waals surface area contributed by atoms with Gasteiger partial charge >= 0.3 is 0 Å². The number of hydrogen-bond donors (Lipinski definition) is 1. The Morgan fingerprint density at radius 2 is 2.20 bits per heavy atom. The van der Waals surface area contributed by atoms with Crippen molar-refractivity contribution in [3.05, 3.63) is 59.5 Å². The van der Waals surface area contributed by atoms with Crippen molar-refractivity contribution in [3.8, 4) is 11.1 Å². The molecule has 0 spiro atoms. The standard InChI is InChI=1S/C16H11FN6OS/c1-9-7-25-16(20-9)21-15(24)12-4-11(6-23-8-19-22-14(12)23)10-2-3-13(17)18-5-10/h2-8H,1H3,(H,20,21,24). The summed E-state index contributed by atoms with van der Waals surface area (Å²) in [5.74, 6) is -0.907. The molecule has 4 aromatic heterocycles. The highest BCUT2D eigenvalue weighted by Gasteiger charge is 2.16. The highest BCUT2D eigenvalue weighted by Crippen LogP contribution is 2.23. The molecule has 1 amide bonds. The fourth-order valence-electron chi connectivity index (χ4n) is 2.38. The Labute approximate surface area is 145 Å². The number of hydrogen-bond acceptors (Lipinski definition) is 6. The van der Waals surface area contributed by atoms with Crippen LogP contribution in [-0.2, 0) is 0 Å². The molecule has 0 aliphatic heterocycles. The number of rotatable bonds is 3. The summed E-state index contributed by atoms with van der Waals surface area (Å²) in [4.78, 5) is 20.6. The third kappa shape index (κ3) is 2.96. The topological polar surface area (TPSA) is 85.1 Å². The maximum atomic E-state index is 13.1. The van der Waals surface area contributed by atoms with E-state index in [1.165, 1.54) is 29.9 Å². The number of amides is 1. The molecule has 25 heavy (non-hydrogen) atoms. The van der Waals surface area contributed by atoms with Crippen LogP contribution < -0.4 is 5.32 Å². The third-order valence-corrected chi connectivity index (χ3v) is 4.41. The summed E-state index contributed by atoms with van der Waals surface area (Å²) in [6.45, 7) is 1.85. The van der Waals surface area contributed by atoms with E-state index in [1.54, 1.807) is 22.7 Å². The Kier molecular flexibility index (Phi) is 3.69. The van der Waals surface area contributed by atoms with Crippen molar-refractivity contribution >= 4 is 28.0 Å². The summed E-state index contributed by atoms with van der Waals surface area (Å²) in [5, 5.41) is 13.0. The van der Waals surface area contributed by atoms with E-state index in [0.29, 0.717) is 27.5 Å². The number of thiazole rings is 1. The summed E-state index contributed by atoms with van der Waals surface area (Å²) in [6.07, 6.45) is 4.67. The van der Waals surface area contributed by atoms with E-state index in [0.717, 1.165) is 5.69 Å². The van der Waals surface area contributed by atoms with Crippen LogP contribution in [0.4, 0.5) is 9.52 Å². The second-order valence-electron chi connectivity index (χ2n) is 5.32. The number of carbonyl (C=O) groups excluding carboxylic acids is 1. The maximum absolute atomic E-state index is 13.1. The summed E-state index contributed by atoms with van der Waals surface area (Å²) < 4.78 is 14.7. The number of aryl methyl sites for hydroxylation is 1. The summed E-state index contributed by atoms with van der Waals surface area (Å²) in [5.41, 5.74) is 2.97. The quantitative estimate of drug-likeness (QED) is 0.572. The number of fused-ring (bicyclic) bond motifs is 1. The van der Waals surface area contributed by atoms with Crippen molar-refractivity contribution in [2.75, 3.05) is 5.32 Å². The van der Waals surface area contributed by atoms with E-state index in [9.17, 15) is 9.18 Å². The lowest BCUT2D eigenvalue weighted by Crippen LogP contribution is -2.13. The van der Waals surface area contributed by atoms with E-state index >= 15 is 0 Å². The first-order valence-corrected chi connectivity index (χ1v) is 8.17. The Morgan fingerprint density at radius 3 is 2.92 bits per heavy atom. The number of halogens is 1.